The number of alkyl halides is 2. The summed E-state index contributed by atoms with van der Waals surface area (Å²) in [4.78, 5) is 0. The summed E-state index contributed by atoms with van der Waals surface area (Å²) >= 11 is 32.1. The molecule has 0 heterocycles. The van der Waals surface area contributed by atoms with Gasteiger partial charge in [-0.15, -0.1) is 0 Å². The first-order chi connectivity index (χ1) is 8.33. The van der Waals surface area contributed by atoms with Gasteiger partial charge in [-0.05, 0) is 26.0 Å². The third-order valence-electron chi connectivity index (χ3n) is 1.17. The van der Waals surface area contributed by atoms with Crippen LogP contribution in [0.15, 0.2) is 21.1 Å². The van der Waals surface area contributed by atoms with Crippen LogP contribution in [0.1, 0.15) is 13.8 Å². The van der Waals surface area contributed by atoms with Gasteiger partial charge in [0.15, 0.2) is 11.1 Å². The van der Waals surface area contributed by atoms with Crippen molar-refractivity contribution in [3.8, 4) is 0 Å². The fourth-order valence-corrected chi connectivity index (χ4v) is 1.83. The summed E-state index contributed by atoms with van der Waals surface area (Å²) < 4.78 is 10.0. The Hall–Kier alpha value is 1.10. The minimum atomic E-state index is -0.514. The quantitative estimate of drug-likeness (QED) is 0.594. The molecule has 0 aliphatic heterocycles. The average molecular weight is 397 g/mol. The minimum Gasteiger partial charge on any atom is -0.412 e. The highest BCUT2D eigenvalue weighted by molar-refractivity contribution is 6.56. The molecule has 0 amide bonds. The van der Waals surface area contributed by atoms with Gasteiger partial charge in [0.25, 0.3) is 0 Å². The molecule has 0 bridgehead atoms. The number of halogens is 6. The highest BCUT2D eigenvalue weighted by Crippen LogP contribution is 2.12. The van der Waals surface area contributed by atoms with E-state index in [4.69, 9.17) is 79.1 Å². The molecule has 0 aromatic heterocycles. The first-order valence-electron chi connectivity index (χ1n) is 4.90. The molecule has 0 aromatic rings. The van der Waals surface area contributed by atoms with Gasteiger partial charge in [0.1, 0.15) is 8.98 Å². The molecule has 0 aliphatic rings. The smallest absolute Gasteiger partial charge is 0.152 e. The van der Waals surface area contributed by atoms with E-state index < -0.39 is 11.1 Å². The molecule has 0 aromatic carbocycles. The topological polar surface area (TPSA) is 50.0 Å². The first-order valence-corrected chi connectivity index (χ1v) is 7.28. The summed E-state index contributed by atoms with van der Waals surface area (Å²) in [6.45, 7) is 4.77. The van der Waals surface area contributed by atoms with Crippen LogP contribution >= 0.6 is 69.6 Å². The van der Waals surface area contributed by atoms with Gasteiger partial charge in [0.05, 0.1) is 0 Å². The van der Waals surface area contributed by atoms with Crippen molar-refractivity contribution in [2.75, 3.05) is 13.2 Å². The van der Waals surface area contributed by atoms with Crippen LogP contribution in [0.3, 0.4) is 0 Å². The van der Waals surface area contributed by atoms with Gasteiger partial charge in [-0.1, -0.05) is 69.6 Å². The van der Waals surface area contributed by atoms with Crippen LogP contribution < -0.4 is 0 Å². The van der Waals surface area contributed by atoms with E-state index in [0.717, 1.165) is 0 Å². The van der Waals surface area contributed by atoms with Crippen LogP contribution in [0, 0.1) is 0 Å². The van der Waals surface area contributed by atoms with Gasteiger partial charge in [-0.25, -0.2) is 0 Å². The third-order valence-corrected chi connectivity index (χ3v) is 2.17. The second kappa shape index (κ2) is 17.2. The summed E-state index contributed by atoms with van der Waals surface area (Å²) in [5, 5.41) is 0. The Balaban J connectivity index is -0.000000256. The summed E-state index contributed by atoms with van der Waals surface area (Å²) in [6.07, 6.45) is 2.82. The molecule has 19 heavy (non-hydrogen) atoms. The van der Waals surface area contributed by atoms with E-state index in [9.17, 15) is 0 Å². The Morgan fingerprint density at radius 2 is 1.11 bits per heavy atom. The summed E-state index contributed by atoms with van der Waals surface area (Å²) in [7, 11) is 0. The Morgan fingerprint density at radius 1 is 0.842 bits per heavy atom. The summed E-state index contributed by atoms with van der Waals surface area (Å²) in [6, 6.07) is 0. The monoisotopic (exact) mass is 394 g/mol. The van der Waals surface area contributed by atoms with Crippen LogP contribution in [0.2, 0.25) is 0 Å². The average Bonchev–Trinajstić information content (AvgIpc) is 2.16. The Kier molecular flexibility index (Phi) is 22.6. The van der Waals surface area contributed by atoms with Crippen LogP contribution in [0.25, 0.3) is 0 Å². The molecule has 2 atom stereocenters. The largest absolute Gasteiger partial charge is 0.412 e. The van der Waals surface area contributed by atoms with Gasteiger partial charge in [0, 0.05) is 13.2 Å². The predicted molar refractivity (Wildman–Crippen MR) is 85.7 cm³/mol. The Labute approximate surface area is 143 Å². The Bertz CT molecular complexity index is 226. The van der Waals surface area contributed by atoms with E-state index in [0.29, 0.717) is 13.2 Å². The van der Waals surface area contributed by atoms with E-state index >= 15 is 0 Å². The molecule has 9 heteroatoms. The van der Waals surface area contributed by atoms with E-state index in [1.807, 2.05) is 13.8 Å². The van der Waals surface area contributed by atoms with Crippen molar-refractivity contribution < 1.29 is 14.9 Å². The summed E-state index contributed by atoms with van der Waals surface area (Å²) in [5.74, 6) is 0. The maximum Gasteiger partial charge on any atom is 0.152 e. The lowest BCUT2D eigenvalue weighted by Gasteiger charge is -2.01. The zero-order valence-electron chi connectivity index (χ0n) is 10.3. The molecular formula is C10H16Cl6O3. The van der Waals surface area contributed by atoms with E-state index in [1.165, 1.54) is 12.2 Å². The third kappa shape index (κ3) is 24.5. The van der Waals surface area contributed by atoms with Crippen molar-refractivity contribution in [2.24, 2.45) is 0 Å². The molecule has 0 radical (unpaired) electrons. The second-order valence-corrected chi connectivity index (χ2v) is 5.40. The zero-order chi connectivity index (χ0) is 14.6. The molecule has 0 spiro atoms. The van der Waals surface area contributed by atoms with Gasteiger partial charge in [-0.2, -0.15) is 0 Å². The molecule has 2 N–H and O–H groups in total. The highest BCUT2D eigenvalue weighted by Gasteiger charge is 1.98. The molecule has 116 valence electrons. The maximum atomic E-state index is 5.51. The van der Waals surface area contributed by atoms with Crippen LogP contribution in [0.5, 0.6) is 0 Å². The maximum absolute atomic E-state index is 5.51. The van der Waals surface area contributed by atoms with E-state index in [1.54, 1.807) is 0 Å². The fraction of sp³-hybridized carbons (Fsp3) is 0.600. The second-order valence-electron chi connectivity index (χ2n) is 2.53. The van der Waals surface area contributed by atoms with Crippen LogP contribution in [-0.2, 0) is 9.47 Å². The first kappa shape index (κ1) is 25.1. The predicted octanol–water partition coefficient (Wildman–Crippen LogP) is 4.99. The van der Waals surface area contributed by atoms with Crippen molar-refractivity contribution in [3.63, 3.8) is 0 Å². The molecule has 0 aliphatic carbocycles. The normalized spacial score (nSPS) is 12.2. The molecule has 0 rings (SSSR count). The molecule has 0 fully saturated rings. The standard InChI is InChI=1S/2C5H7Cl3O.H2O/c2*1-2-9-5(8)3-4(6)7;/h2*3,5H,2H2,1H3;1H2. The lowest BCUT2D eigenvalue weighted by atomic mass is 10.7. The van der Waals surface area contributed by atoms with E-state index in [2.05, 4.69) is 0 Å². The molecule has 2 unspecified atom stereocenters. The van der Waals surface area contributed by atoms with Crippen LogP contribution in [-0.4, -0.2) is 29.8 Å². The van der Waals surface area contributed by atoms with Crippen molar-refractivity contribution in [2.45, 2.75) is 25.0 Å². The minimum absolute atomic E-state index is 0. The lowest BCUT2D eigenvalue weighted by molar-refractivity contribution is 0.149. The number of ether oxygens (including phenoxy) is 2. The van der Waals surface area contributed by atoms with Gasteiger partial charge >= 0.3 is 0 Å². The number of hydrogen-bond donors (Lipinski definition) is 0. The molecule has 0 saturated carbocycles. The highest BCUT2D eigenvalue weighted by atomic mass is 35.5. The van der Waals surface area contributed by atoms with Gasteiger partial charge in [0.2, 0.25) is 0 Å². The molecule has 3 nitrogen and oxygen atoms in total. The zero-order valence-corrected chi connectivity index (χ0v) is 14.8. The Morgan fingerprint density at radius 3 is 1.26 bits per heavy atom. The van der Waals surface area contributed by atoms with Gasteiger partial charge < -0.3 is 14.9 Å². The van der Waals surface area contributed by atoms with Crippen molar-refractivity contribution in [3.05, 3.63) is 21.1 Å². The van der Waals surface area contributed by atoms with Gasteiger partial charge in [-0.3, -0.25) is 0 Å². The molecule has 0 saturated heterocycles. The number of rotatable bonds is 6. The van der Waals surface area contributed by atoms with Crippen molar-refractivity contribution in [1.82, 2.24) is 0 Å². The van der Waals surface area contributed by atoms with E-state index in [-0.39, 0.29) is 14.5 Å². The SMILES string of the molecule is CCOC(Cl)C=C(Cl)Cl.CCOC(Cl)C=C(Cl)Cl.O. The van der Waals surface area contributed by atoms with Crippen molar-refractivity contribution in [1.29, 1.82) is 0 Å². The number of hydrogen-bond acceptors (Lipinski definition) is 2. The van der Waals surface area contributed by atoms with Crippen LogP contribution in [0.4, 0.5) is 0 Å². The fourth-order valence-electron chi connectivity index (χ4n) is 0.613. The summed E-state index contributed by atoms with van der Waals surface area (Å²) in [5.41, 5.74) is -1.03. The van der Waals surface area contributed by atoms with Crippen molar-refractivity contribution >= 4 is 69.6 Å². The molecular weight excluding hydrogens is 381 g/mol. The lowest BCUT2D eigenvalue weighted by Crippen LogP contribution is -1.99.